The number of carbonyl (C=O) groups is 1. The molecule has 4 nitrogen and oxygen atoms in total. The van der Waals surface area contributed by atoms with E-state index in [1.54, 1.807) is 11.8 Å². The molecule has 1 heterocycles. The van der Waals surface area contributed by atoms with Crippen molar-refractivity contribution in [1.82, 2.24) is 4.98 Å². The summed E-state index contributed by atoms with van der Waals surface area (Å²) in [6.45, 7) is 17.5. The van der Waals surface area contributed by atoms with Crippen LogP contribution in [0.4, 0.5) is 5.82 Å². The molecular weight excluding hydrogens is 478 g/mol. The maximum absolute atomic E-state index is 14.2. The highest BCUT2D eigenvalue weighted by Gasteiger charge is 2.67. The van der Waals surface area contributed by atoms with Gasteiger partial charge in [0.25, 0.3) is 0 Å². The van der Waals surface area contributed by atoms with Crippen LogP contribution in [-0.4, -0.2) is 16.9 Å². The van der Waals surface area contributed by atoms with Gasteiger partial charge in [-0.05, 0) is 121 Å². The lowest BCUT2D eigenvalue weighted by Crippen LogP contribution is -2.64. The molecule has 1 amide bonds. The Morgan fingerprint density at radius 2 is 1.74 bits per heavy atom. The molecule has 39 heavy (non-hydrogen) atoms. The van der Waals surface area contributed by atoms with Gasteiger partial charge >= 0.3 is 0 Å². The van der Waals surface area contributed by atoms with Crippen LogP contribution in [-0.2, 0) is 4.79 Å². The molecular formula is C35H53N3O. The van der Waals surface area contributed by atoms with Crippen molar-refractivity contribution in [2.45, 2.75) is 112 Å². The van der Waals surface area contributed by atoms with Crippen molar-refractivity contribution in [3.63, 3.8) is 0 Å². The number of anilines is 1. The van der Waals surface area contributed by atoms with Crippen LogP contribution in [0.5, 0.6) is 0 Å². The number of amides is 1. The van der Waals surface area contributed by atoms with E-state index in [0.29, 0.717) is 35.5 Å². The van der Waals surface area contributed by atoms with Crippen LogP contribution in [0.1, 0.15) is 106 Å². The Balaban J connectivity index is 1.39. The average Bonchev–Trinajstić information content (AvgIpc) is 2.87. The fourth-order valence-electron chi connectivity index (χ4n) is 11.0. The molecule has 4 saturated carbocycles. The molecule has 214 valence electrons. The zero-order valence-corrected chi connectivity index (χ0v) is 25.6. The number of pyridine rings is 1. The zero-order valence-electron chi connectivity index (χ0n) is 25.6. The van der Waals surface area contributed by atoms with Crippen molar-refractivity contribution in [3.05, 3.63) is 36.0 Å². The van der Waals surface area contributed by atoms with Gasteiger partial charge in [-0.2, -0.15) is 0 Å². The van der Waals surface area contributed by atoms with Crippen molar-refractivity contribution in [2.75, 3.05) is 5.32 Å². The Labute approximate surface area is 237 Å². The number of fused-ring (bicyclic) bond motifs is 7. The fraction of sp³-hybridized carbons (Fsp3) is 0.771. The second-order valence-corrected chi connectivity index (χ2v) is 16.4. The van der Waals surface area contributed by atoms with E-state index >= 15 is 0 Å². The van der Waals surface area contributed by atoms with Crippen LogP contribution in [0.15, 0.2) is 36.0 Å². The van der Waals surface area contributed by atoms with Gasteiger partial charge in [0.2, 0.25) is 5.91 Å². The van der Waals surface area contributed by atoms with Gasteiger partial charge in [-0.3, -0.25) is 4.79 Å². The number of nitrogens with one attached hydrogen (secondary N) is 1. The van der Waals surface area contributed by atoms with Crippen LogP contribution < -0.4 is 11.1 Å². The van der Waals surface area contributed by atoms with Gasteiger partial charge in [0.05, 0.1) is 5.41 Å². The van der Waals surface area contributed by atoms with E-state index in [1.165, 1.54) is 19.3 Å². The maximum atomic E-state index is 14.2. The van der Waals surface area contributed by atoms with Crippen molar-refractivity contribution in [1.29, 1.82) is 0 Å². The van der Waals surface area contributed by atoms with E-state index in [9.17, 15) is 4.79 Å². The van der Waals surface area contributed by atoms with Gasteiger partial charge in [0.1, 0.15) is 5.82 Å². The molecule has 5 aliphatic rings. The predicted molar refractivity (Wildman–Crippen MR) is 160 cm³/mol. The smallest absolute Gasteiger partial charge is 0.232 e. The number of carbonyl (C=O) groups excluding carboxylic acids is 1. The largest absolute Gasteiger partial charge is 0.327 e. The number of hydrogen-bond acceptors (Lipinski definition) is 3. The molecule has 0 aliphatic heterocycles. The Morgan fingerprint density at radius 3 is 2.46 bits per heavy atom. The maximum Gasteiger partial charge on any atom is 0.232 e. The van der Waals surface area contributed by atoms with Gasteiger partial charge < -0.3 is 11.1 Å². The molecule has 4 heteroatoms. The van der Waals surface area contributed by atoms with Crippen LogP contribution in [0.3, 0.4) is 0 Å². The molecule has 0 aromatic carbocycles. The van der Waals surface area contributed by atoms with E-state index in [-0.39, 0.29) is 33.0 Å². The van der Waals surface area contributed by atoms with E-state index < -0.39 is 0 Å². The number of rotatable bonds is 2. The first kappa shape index (κ1) is 27.5. The summed E-state index contributed by atoms with van der Waals surface area (Å²) >= 11 is 0. The summed E-state index contributed by atoms with van der Waals surface area (Å²) in [5, 5.41) is 3.27. The van der Waals surface area contributed by atoms with Crippen molar-refractivity contribution >= 4 is 11.7 Å². The van der Waals surface area contributed by atoms with Gasteiger partial charge in [-0.1, -0.05) is 66.2 Å². The molecule has 3 N–H and O–H groups in total. The first-order valence-corrected chi connectivity index (χ1v) is 15.9. The van der Waals surface area contributed by atoms with Crippen molar-refractivity contribution in [3.8, 4) is 0 Å². The highest BCUT2D eigenvalue weighted by Crippen LogP contribution is 2.73. The lowest BCUT2D eigenvalue weighted by molar-refractivity contribution is -0.162. The van der Waals surface area contributed by atoms with Crippen LogP contribution >= 0.6 is 0 Å². The first-order valence-electron chi connectivity index (χ1n) is 15.9. The van der Waals surface area contributed by atoms with Crippen LogP contribution in [0, 0.1) is 56.7 Å². The monoisotopic (exact) mass is 531 g/mol. The van der Waals surface area contributed by atoms with Gasteiger partial charge in [-0.25, -0.2) is 4.98 Å². The second-order valence-electron chi connectivity index (χ2n) is 16.4. The van der Waals surface area contributed by atoms with Crippen LogP contribution in [0.2, 0.25) is 0 Å². The number of hydrogen-bond donors (Lipinski definition) is 2. The third kappa shape index (κ3) is 3.86. The third-order valence-electron chi connectivity index (χ3n) is 13.9. The molecule has 0 spiro atoms. The number of nitrogens with zero attached hydrogens (tertiary/aromatic N) is 1. The first-order chi connectivity index (χ1) is 18.3. The van der Waals surface area contributed by atoms with E-state index in [2.05, 4.69) is 64.8 Å². The molecule has 1 unspecified atom stereocenters. The summed E-state index contributed by atoms with van der Waals surface area (Å²) in [4.78, 5) is 18.7. The van der Waals surface area contributed by atoms with E-state index in [0.717, 1.165) is 44.4 Å². The minimum absolute atomic E-state index is 0.150. The minimum atomic E-state index is -0.328. The summed E-state index contributed by atoms with van der Waals surface area (Å²) < 4.78 is 0. The Hall–Kier alpha value is -1.68. The molecule has 0 saturated heterocycles. The van der Waals surface area contributed by atoms with Crippen LogP contribution in [0.25, 0.3) is 0 Å². The Morgan fingerprint density at radius 1 is 1.00 bits per heavy atom. The molecule has 5 aliphatic carbocycles. The van der Waals surface area contributed by atoms with E-state index in [4.69, 9.17) is 5.73 Å². The molecule has 1 aromatic rings. The third-order valence-corrected chi connectivity index (χ3v) is 13.9. The molecule has 0 bridgehead atoms. The second kappa shape index (κ2) is 8.91. The summed E-state index contributed by atoms with van der Waals surface area (Å²) in [7, 11) is 0. The molecule has 1 aromatic heterocycles. The molecule has 0 radical (unpaired) electrons. The topological polar surface area (TPSA) is 68.0 Å². The van der Waals surface area contributed by atoms with Gasteiger partial charge in [0.15, 0.2) is 0 Å². The summed E-state index contributed by atoms with van der Waals surface area (Å²) in [6, 6.07) is 6.10. The Bertz CT molecular complexity index is 1160. The quantitative estimate of drug-likeness (QED) is 0.380. The lowest BCUT2D eigenvalue weighted by Gasteiger charge is -2.69. The molecule has 9 atom stereocenters. The zero-order chi connectivity index (χ0) is 28.0. The fourth-order valence-corrected chi connectivity index (χ4v) is 11.0. The SMILES string of the molecule is C[C@@H]1C[C@H](N)C(C)(C)[C@@H]2CC[C@]3(C)[C@H](CC=C4[C@H]5CC(C)(C)CC[C@]5(C(=O)Nc5ccccn5)CC[C@]43C)C12. The number of aromatic nitrogens is 1. The van der Waals surface area contributed by atoms with Gasteiger partial charge in [0, 0.05) is 12.2 Å². The van der Waals surface area contributed by atoms with Gasteiger partial charge in [-0.15, -0.1) is 0 Å². The molecule has 4 fully saturated rings. The summed E-state index contributed by atoms with van der Waals surface area (Å²) in [6.07, 6.45) is 14.7. The number of allylic oxidation sites excluding steroid dienone is 2. The average molecular weight is 532 g/mol. The van der Waals surface area contributed by atoms with Crippen molar-refractivity contribution in [2.24, 2.45) is 62.4 Å². The minimum Gasteiger partial charge on any atom is -0.327 e. The summed E-state index contributed by atoms with van der Waals surface area (Å²) in [5.74, 6) is 4.05. The number of nitrogens with two attached hydrogens (primary N) is 1. The predicted octanol–water partition coefficient (Wildman–Crippen LogP) is 8.01. The van der Waals surface area contributed by atoms with Crippen molar-refractivity contribution < 1.29 is 4.79 Å². The lowest BCUT2D eigenvalue weighted by atomic mass is 9.35. The molecule has 6 rings (SSSR count). The highest BCUT2D eigenvalue weighted by atomic mass is 16.2. The Kier molecular flexibility index (Phi) is 6.28. The standard InChI is InChI=1S/C35H53N3O/c1-22-20-27(36)32(4,5)24-13-14-33(6)25(29(22)24)12-11-23-26-21-31(2,3)15-17-35(26,18-16-34(23,33)7)30(39)38-28-10-8-9-19-37-28/h8-11,19,22,24-27,29H,12-18,20-21,36H2,1-7H3,(H,37,38,39)/t22-,24-,25-,26-,27+,29?,33-,34-,35+/m1/s1. The van der Waals surface area contributed by atoms with E-state index in [1.807, 2.05) is 18.2 Å². The summed E-state index contributed by atoms with van der Waals surface area (Å²) in [5.41, 5.74) is 8.98. The highest BCUT2D eigenvalue weighted by molar-refractivity contribution is 5.95. The normalized spacial score (nSPS) is 46.0.